The first-order valence-corrected chi connectivity index (χ1v) is 6.96. The van der Waals surface area contributed by atoms with Crippen LogP contribution in [0.5, 0.6) is 0 Å². The Balaban J connectivity index is 2.07. The first kappa shape index (κ1) is 14.6. The number of nitrogens with one attached hydrogen (secondary N) is 1. The van der Waals surface area contributed by atoms with Crippen molar-refractivity contribution in [2.24, 2.45) is 0 Å². The number of amides is 1. The number of aliphatic carboxylic acids is 1. The molecule has 0 aliphatic rings. The van der Waals surface area contributed by atoms with Crippen LogP contribution in [0.2, 0.25) is 0 Å². The second-order valence-electron chi connectivity index (χ2n) is 4.50. The van der Waals surface area contributed by atoms with E-state index >= 15 is 0 Å². The van der Waals surface area contributed by atoms with Gasteiger partial charge in [0.25, 0.3) is 5.91 Å². The van der Waals surface area contributed by atoms with E-state index in [4.69, 9.17) is 9.52 Å². The molecule has 1 aromatic carbocycles. The highest BCUT2D eigenvalue weighted by Gasteiger charge is 2.13. The van der Waals surface area contributed by atoms with E-state index in [-0.39, 0.29) is 18.1 Å². The molecule has 2 N–H and O–H groups in total. The lowest BCUT2D eigenvalue weighted by molar-refractivity contribution is -0.137. The van der Waals surface area contributed by atoms with E-state index in [1.54, 1.807) is 6.07 Å². The lowest BCUT2D eigenvalue weighted by Crippen LogP contribution is -2.24. The van der Waals surface area contributed by atoms with Crippen LogP contribution in [0.4, 0.5) is 0 Å². The van der Waals surface area contributed by atoms with Crippen molar-refractivity contribution in [2.45, 2.75) is 19.8 Å². The number of carboxylic acid groups (broad SMARTS) is 1. The Hall–Kier alpha value is -1.82. The van der Waals surface area contributed by atoms with Crippen molar-refractivity contribution < 1.29 is 19.1 Å². The summed E-state index contributed by atoms with van der Waals surface area (Å²) in [6, 6.07) is 5.48. The van der Waals surface area contributed by atoms with Gasteiger partial charge >= 0.3 is 5.97 Å². The minimum absolute atomic E-state index is 0.0342. The molecule has 20 heavy (non-hydrogen) atoms. The average molecular weight is 340 g/mol. The molecular weight excluding hydrogens is 326 g/mol. The Morgan fingerprint density at radius 3 is 2.80 bits per heavy atom. The molecule has 0 spiro atoms. The molecular formula is C14H14BrNO4. The fraction of sp³-hybridized carbons (Fsp3) is 0.286. The lowest BCUT2D eigenvalue weighted by atomic mass is 10.2. The number of benzene rings is 1. The van der Waals surface area contributed by atoms with Crippen molar-refractivity contribution in [1.29, 1.82) is 0 Å². The highest BCUT2D eigenvalue weighted by Crippen LogP contribution is 2.26. The summed E-state index contributed by atoms with van der Waals surface area (Å²) in [4.78, 5) is 22.3. The van der Waals surface area contributed by atoms with Gasteiger partial charge in [-0.25, -0.2) is 0 Å². The summed E-state index contributed by atoms with van der Waals surface area (Å²) in [5, 5.41) is 12.0. The molecule has 1 amide bonds. The zero-order valence-corrected chi connectivity index (χ0v) is 12.5. The summed E-state index contributed by atoms with van der Waals surface area (Å²) < 4.78 is 6.47. The number of rotatable bonds is 5. The van der Waals surface area contributed by atoms with Crippen molar-refractivity contribution in [3.8, 4) is 0 Å². The minimum atomic E-state index is -0.872. The zero-order valence-electron chi connectivity index (χ0n) is 10.9. The summed E-state index contributed by atoms with van der Waals surface area (Å²) in [6.07, 6.45) is 0.429. The number of hydrogen-bond donors (Lipinski definition) is 2. The van der Waals surface area contributed by atoms with Gasteiger partial charge in [-0.3, -0.25) is 9.59 Å². The van der Waals surface area contributed by atoms with Gasteiger partial charge in [0.1, 0.15) is 5.58 Å². The molecule has 0 radical (unpaired) electrons. The van der Waals surface area contributed by atoms with Gasteiger partial charge in [-0.05, 0) is 37.1 Å². The third kappa shape index (κ3) is 3.39. The number of carboxylic acids is 1. The number of hydrogen-bond acceptors (Lipinski definition) is 3. The summed E-state index contributed by atoms with van der Waals surface area (Å²) in [6.45, 7) is 2.22. The van der Waals surface area contributed by atoms with Gasteiger partial charge in [0.2, 0.25) is 0 Å². The summed E-state index contributed by atoms with van der Waals surface area (Å²) in [5.41, 5.74) is 1.63. The number of fused-ring (bicyclic) bond motifs is 1. The summed E-state index contributed by atoms with van der Waals surface area (Å²) >= 11 is 3.40. The van der Waals surface area contributed by atoms with Gasteiger partial charge in [0.15, 0.2) is 5.76 Å². The molecule has 0 aliphatic carbocycles. The Bertz CT molecular complexity index is 662. The number of carbonyl (C=O) groups is 2. The predicted molar refractivity (Wildman–Crippen MR) is 77.9 cm³/mol. The molecule has 2 rings (SSSR count). The maximum absolute atomic E-state index is 11.9. The third-order valence-electron chi connectivity index (χ3n) is 2.84. The van der Waals surface area contributed by atoms with Crippen molar-refractivity contribution in [3.05, 3.63) is 34.0 Å². The van der Waals surface area contributed by atoms with Gasteiger partial charge in [0.05, 0.1) is 0 Å². The topological polar surface area (TPSA) is 79.5 Å². The van der Waals surface area contributed by atoms with Crippen LogP contribution in [0.1, 0.15) is 29.0 Å². The molecule has 1 aromatic heterocycles. The van der Waals surface area contributed by atoms with Crippen LogP contribution >= 0.6 is 15.9 Å². The molecule has 0 bridgehead atoms. The largest absolute Gasteiger partial charge is 0.481 e. The van der Waals surface area contributed by atoms with E-state index in [0.717, 1.165) is 15.4 Å². The molecule has 106 valence electrons. The third-order valence-corrected chi connectivity index (χ3v) is 3.30. The molecule has 0 atom stereocenters. The Morgan fingerprint density at radius 1 is 1.35 bits per heavy atom. The number of aryl methyl sites for hydroxylation is 1. The molecule has 0 unspecified atom stereocenters. The van der Waals surface area contributed by atoms with Crippen molar-refractivity contribution in [2.75, 3.05) is 6.54 Å². The smallest absolute Gasteiger partial charge is 0.303 e. The standard InChI is InChI=1S/C14H14BrNO4/c1-8-5-10(15)6-9-7-11(20-13(8)9)14(19)16-4-2-3-12(17)18/h5-7H,2-4H2,1H3,(H,16,19)(H,17,18). The Morgan fingerprint density at radius 2 is 2.10 bits per heavy atom. The molecule has 0 saturated heterocycles. The average Bonchev–Trinajstić information content (AvgIpc) is 2.78. The van der Waals surface area contributed by atoms with Crippen LogP contribution in [0.25, 0.3) is 11.0 Å². The van der Waals surface area contributed by atoms with E-state index in [0.29, 0.717) is 18.5 Å². The van der Waals surface area contributed by atoms with E-state index in [2.05, 4.69) is 21.2 Å². The van der Waals surface area contributed by atoms with Crippen molar-refractivity contribution in [1.82, 2.24) is 5.32 Å². The SMILES string of the molecule is Cc1cc(Br)cc2cc(C(=O)NCCCC(=O)O)oc12. The lowest BCUT2D eigenvalue weighted by Gasteiger charge is -2.00. The van der Waals surface area contributed by atoms with Gasteiger partial charge < -0.3 is 14.8 Å². The first-order valence-electron chi connectivity index (χ1n) is 6.17. The predicted octanol–water partition coefficient (Wildman–Crippen LogP) is 3.10. The summed E-state index contributed by atoms with van der Waals surface area (Å²) in [7, 11) is 0. The van der Waals surface area contributed by atoms with Gasteiger partial charge in [0, 0.05) is 22.8 Å². The quantitative estimate of drug-likeness (QED) is 0.820. The maximum Gasteiger partial charge on any atom is 0.303 e. The highest BCUT2D eigenvalue weighted by atomic mass is 79.9. The van der Waals surface area contributed by atoms with Crippen LogP contribution in [0.15, 0.2) is 27.1 Å². The zero-order chi connectivity index (χ0) is 14.7. The minimum Gasteiger partial charge on any atom is -0.481 e. The normalized spacial score (nSPS) is 10.7. The maximum atomic E-state index is 11.9. The van der Waals surface area contributed by atoms with Crippen molar-refractivity contribution in [3.63, 3.8) is 0 Å². The van der Waals surface area contributed by atoms with Crippen LogP contribution in [-0.2, 0) is 4.79 Å². The molecule has 2 aromatic rings. The monoisotopic (exact) mass is 339 g/mol. The van der Waals surface area contributed by atoms with Gasteiger partial charge in [-0.1, -0.05) is 15.9 Å². The fourth-order valence-corrected chi connectivity index (χ4v) is 2.51. The Labute approximate surface area is 124 Å². The molecule has 5 nitrogen and oxygen atoms in total. The molecule has 0 saturated carbocycles. The summed E-state index contributed by atoms with van der Waals surface area (Å²) in [5.74, 6) is -0.970. The second-order valence-corrected chi connectivity index (χ2v) is 5.42. The van der Waals surface area contributed by atoms with Crippen LogP contribution < -0.4 is 5.32 Å². The molecule has 1 heterocycles. The van der Waals surface area contributed by atoms with E-state index in [1.165, 1.54) is 0 Å². The number of carbonyl (C=O) groups excluding carboxylic acids is 1. The first-order chi connectivity index (χ1) is 9.47. The molecule has 6 heteroatoms. The van der Waals surface area contributed by atoms with Crippen LogP contribution in [0, 0.1) is 6.92 Å². The van der Waals surface area contributed by atoms with Crippen LogP contribution in [0.3, 0.4) is 0 Å². The van der Waals surface area contributed by atoms with E-state index < -0.39 is 5.97 Å². The van der Waals surface area contributed by atoms with Crippen molar-refractivity contribution >= 4 is 38.8 Å². The number of halogens is 1. The van der Waals surface area contributed by atoms with E-state index in [1.807, 2.05) is 19.1 Å². The fourth-order valence-electron chi connectivity index (χ4n) is 1.92. The number of furan rings is 1. The van der Waals surface area contributed by atoms with Crippen LogP contribution in [-0.4, -0.2) is 23.5 Å². The van der Waals surface area contributed by atoms with Gasteiger partial charge in [-0.2, -0.15) is 0 Å². The Kier molecular flexibility index (Phi) is 4.44. The second kappa shape index (κ2) is 6.09. The van der Waals surface area contributed by atoms with E-state index in [9.17, 15) is 9.59 Å². The highest BCUT2D eigenvalue weighted by molar-refractivity contribution is 9.10. The van der Waals surface area contributed by atoms with Gasteiger partial charge in [-0.15, -0.1) is 0 Å². The molecule has 0 aliphatic heterocycles. The molecule has 0 fully saturated rings.